The van der Waals surface area contributed by atoms with Gasteiger partial charge in [-0.2, -0.15) is 0 Å². The highest BCUT2D eigenvalue weighted by atomic mass is 35.5. The average molecular weight is 509 g/mol. The Kier molecular flexibility index (Phi) is 7.73. The highest BCUT2D eigenvalue weighted by Crippen LogP contribution is 2.40. The van der Waals surface area contributed by atoms with Gasteiger partial charge in [0.2, 0.25) is 6.54 Å². The van der Waals surface area contributed by atoms with E-state index in [1.165, 1.54) is 17.3 Å². The summed E-state index contributed by atoms with van der Waals surface area (Å²) in [6.07, 6.45) is 0. The van der Waals surface area contributed by atoms with Crippen LogP contribution in [-0.4, -0.2) is 26.2 Å². The molecule has 0 saturated heterocycles. The molecule has 1 atom stereocenters. The highest BCUT2D eigenvalue weighted by Gasteiger charge is 2.26. The van der Waals surface area contributed by atoms with Crippen LogP contribution < -0.4 is 4.74 Å². The first-order valence-corrected chi connectivity index (χ1v) is 12.3. The monoisotopic (exact) mass is 508 g/mol. The van der Waals surface area contributed by atoms with Gasteiger partial charge in [-0.3, -0.25) is 14.7 Å². The van der Waals surface area contributed by atoms with Gasteiger partial charge in [0.25, 0.3) is 0 Å². The van der Waals surface area contributed by atoms with Crippen LogP contribution in [0.15, 0.2) is 71.9 Å². The quantitative estimate of drug-likeness (QED) is 0.145. The number of rotatable bonds is 9. The molecular formula is C26H25ClN4O3S. The number of nitrogens with zero attached hydrogens (tertiary/aromatic N) is 4. The largest absolute Gasteiger partial charge is 0.489 e. The number of hydrogen-bond acceptors (Lipinski definition) is 6. The molecule has 7 nitrogen and oxygen atoms in total. The van der Waals surface area contributed by atoms with Crippen molar-refractivity contribution < 1.29 is 9.66 Å². The molecule has 4 aromatic rings. The molecule has 0 amide bonds. The summed E-state index contributed by atoms with van der Waals surface area (Å²) in [7, 11) is 0. The number of aryl methyl sites for hydroxylation is 3. The molecule has 0 N–H and O–H groups in total. The zero-order valence-electron chi connectivity index (χ0n) is 19.6. The van der Waals surface area contributed by atoms with Crippen LogP contribution in [0.3, 0.4) is 0 Å². The molecular weight excluding hydrogens is 484 g/mol. The van der Waals surface area contributed by atoms with E-state index < -0.39 is 5.25 Å². The summed E-state index contributed by atoms with van der Waals surface area (Å²) in [5.74, 6) is 1.30. The molecule has 0 radical (unpaired) electrons. The second-order valence-corrected chi connectivity index (χ2v) is 9.81. The number of ether oxygens (including phenoxy) is 1. The van der Waals surface area contributed by atoms with Gasteiger partial charge in [0, 0.05) is 21.2 Å². The third kappa shape index (κ3) is 6.01. The third-order valence-electron chi connectivity index (χ3n) is 5.68. The first-order chi connectivity index (χ1) is 16.8. The van der Waals surface area contributed by atoms with E-state index in [0.717, 1.165) is 22.4 Å². The summed E-state index contributed by atoms with van der Waals surface area (Å²) in [4.78, 5) is 11.3. The topological polar surface area (TPSA) is 83.1 Å². The van der Waals surface area contributed by atoms with E-state index in [9.17, 15) is 10.1 Å². The minimum atomic E-state index is -0.527. The number of benzene rings is 3. The van der Waals surface area contributed by atoms with Crippen LogP contribution in [0, 0.1) is 30.9 Å². The summed E-state index contributed by atoms with van der Waals surface area (Å²) in [5.41, 5.74) is 4.94. The van der Waals surface area contributed by atoms with Crippen molar-refractivity contribution in [3.8, 4) is 11.4 Å². The Morgan fingerprint density at radius 2 is 1.77 bits per heavy atom. The Hall–Kier alpha value is -3.36. The van der Waals surface area contributed by atoms with Crippen LogP contribution in [0.25, 0.3) is 5.69 Å². The number of aromatic nitrogens is 3. The smallest absolute Gasteiger partial charge is 0.220 e. The second-order valence-electron chi connectivity index (χ2n) is 8.21. The second kappa shape index (κ2) is 10.9. The van der Waals surface area contributed by atoms with E-state index in [4.69, 9.17) is 16.3 Å². The first kappa shape index (κ1) is 24.8. The van der Waals surface area contributed by atoms with Crippen LogP contribution in [-0.2, 0) is 6.61 Å². The average Bonchev–Trinajstić information content (AvgIpc) is 3.20. The van der Waals surface area contributed by atoms with Crippen molar-refractivity contribution in [2.75, 3.05) is 6.54 Å². The van der Waals surface area contributed by atoms with Crippen LogP contribution >= 0.6 is 23.4 Å². The standard InChI is InChI=1S/C26H25ClN4O3S/c1-17-8-13-22(14-18(17)2)31-19(3)28-29-26(31)35-25(15-30(32)33)23-6-4-5-7-24(23)34-16-20-9-11-21(27)12-10-20/h4-14,25H,15-16H2,1-3H3/t25-/m1/s1. The molecule has 9 heteroatoms. The summed E-state index contributed by atoms with van der Waals surface area (Å²) in [6.45, 7) is 6.02. The molecule has 180 valence electrons. The molecule has 0 fully saturated rings. The number of hydrogen-bond donors (Lipinski definition) is 0. The highest BCUT2D eigenvalue weighted by molar-refractivity contribution is 7.99. The van der Waals surface area contributed by atoms with Crippen LogP contribution in [0.4, 0.5) is 0 Å². The lowest BCUT2D eigenvalue weighted by atomic mass is 10.1. The summed E-state index contributed by atoms with van der Waals surface area (Å²) in [5, 5.41) is 21.0. The number of halogens is 1. The Balaban J connectivity index is 1.65. The molecule has 4 rings (SSSR count). The van der Waals surface area contributed by atoms with Gasteiger partial charge in [0.05, 0.1) is 0 Å². The van der Waals surface area contributed by atoms with Crippen LogP contribution in [0.1, 0.15) is 33.3 Å². The van der Waals surface area contributed by atoms with Gasteiger partial charge in [-0.05, 0) is 67.8 Å². The fourth-order valence-electron chi connectivity index (χ4n) is 3.66. The molecule has 0 spiro atoms. The number of thioether (sulfide) groups is 1. The van der Waals surface area contributed by atoms with E-state index in [-0.39, 0.29) is 11.5 Å². The molecule has 0 aliphatic rings. The third-order valence-corrected chi connectivity index (χ3v) is 7.09. The summed E-state index contributed by atoms with van der Waals surface area (Å²) >= 11 is 7.29. The Bertz CT molecular complexity index is 1340. The fraction of sp³-hybridized carbons (Fsp3) is 0.231. The molecule has 3 aromatic carbocycles. The van der Waals surface area contributed by atoms with Crippen molar-refractivity contribution >= 4 is 23.4 Å². The van der Waals surface area contributed by atoms with Crippen molar-refractivity contribution in [3.05, 3.63) is 110 Å². The Morgan fingerprint density at radius 3 is 2.49 bits per heavy atom. The summed E-state index contributed by atoms with van der Waals surface area (Å²) < 4.78 is 8.02. The Morgan fingerprint density at radius 1 is 1.03 bits per heavy atom. The van der Waals surface area contributed by atoms with Crippen molar-refractivity contribution in [1.82, 2.24) is 14.8 Å². The van der Waals surface area contributed by atoms with Crippen LogP contribution in [0.5, 0.6) is 5.75 Å². The zero-order valence-corrected chi connectivity index (χ0v) is 21.2. The van der Waals surface area contributed by atoms with Gasteiger partial charge < -0.3 is 4.74 Å². The van der Waals surface area contributed by atoms with Gasteiger partial charge in [-0.15, -0.1) is 10.2 Å². The number of nitro groups is 1. The van der Waals surface area contributed by atoms with E-state index in [1.54, 1.807) is 12.1 Å². The molecule has 1 aromatic heterocycles. The van der Waals surface area contributed by atoms with E-state index >= 15 is 0 Å². The van der Waals surface area contributed by atoms with E-state index in [1.807, 2.05) is 60.0 Å². The SMILES string of the molecule is Cc1ccc(-n2c(C)nnc2S[C@H](C[N+](=O)[O-])c2ccccc2OCc2ccc(Cl)cc2)cc1C. The van der Waals surface area contributed by atoms with E-state index in [0.29, 0.717) is 28.4 Å². The maximum Gasteiger partial charge on any atom is 0.220 e. The normalized spacial score (nSPS) is 11.9. The molecule has 1 heterocycles. The predicted molar refractivity (Wildman–Crippen MR) is 138 cm³/mol. The van der Waals surface area contributed by atoms with Gasteiger partial charge in [0.15, 0.2) is 5.16 Å². The minimum absolute atomic E-state index is 0.287. The van der Waals surface area contributed by atoms with Crippen molar-refractivity contribution in [2.24, 2.45) is 0 Å². The van der Waals surface area contributed by atoms with Crippen molar-refractivity contribution in [1.29, 1.82) is 0 Å². The predicted octanol–water partition coefficient (Wildman–Crippen LogP) is 6.54. The molecule has 0 unspecified atom stereocenters. The van der Waals surface area contributed by atoms with Crippen molar-refractivity contribution in [2.45, 2.75) is 37.8 Å². The minimum Gasteiger partial charge on any atom is -0.489 e. The van der Waals surface area contributed by atoms with Gasteiger partial charge in [-0.25, -0.2) is 0 Å². The van der Waals surface area contributed by atoms with Crippen molar-refractivity contribution in [3.63, 3.8) is 0 Å². The molecule has 0 saturated carbocycles. The lowest BCUT2D eigenvalue weighted by Gasteiger charge is -2.18. The molecule has 35 heavy (non-hydrogen) atoms. The Labute approximate surface area is 213 Å². The zero-order chi connectivity index (χ0) is 24.9. The lowest BCUT2D eigenvalue weighted by Crippen LogP contribution is -2.12. The maximum atomic E-state index is 11.6. The number of para-hydroxylation sites is 1. The lowest BCUT2D eigenvalue weighted by molar-refractivity contribution is -0.479. The molecule has 0 aliphatic carbocycles. The molecule has 0 aliphatic heterocycles. The molecule has 0 bridgehead atoms. The van der Waals surface area contributed by atoms with Gasteiger partial charge >= 0.3 is 0 Å². The fourth-order valence-corrected chi connectivity index (χ4v) is 4.99. The van der Waals surface area contributed by atoms with Gasteiger partial charge in [0.1, 0.15) is 23.4 Å². The van der Waals surface area contributed by atoms with Gasteiger partial charge in [-0.1, -0.05) is 59.8 Å². The van der Waals surface area contributed by atoms with E-state index in [2.05, 4.69) is 30.1 Å². The first-order valence-electron chi connectivity index (χ1n) is 11.1. The van der Waals surface area contributed by atoms with Crippen LogP contribution in [0.2, 0.25) is 5.02 Å². The maximum absolute atomic E-state index is 11.6. The summed E-state index contributed by atoms with van der Waals surface area (Å²) in [6, 6.07) is 20.9.